The molecule has 1 rings (SSSR count). The van der Waals surface area contributed by atoms with E-state index in [2.05, 4.69) is 17.4 Å². The fourth-order valence-electron chi connectivity index (χ4n) is 1.81. The van der Waals surface area contributed by atoms with Crippen LogP contribution in [0.5, 0.6) is 5.75 Å². The van der Waals surface area contributed by atoms with Crippen molar-refractivity contribution in [3.8, 4) is 5.75 Å². The third-order valence-corrected chi connectivity index (χ3v) is 3.07. The predicted octanol–water partition coefficient (Wildman–Crippen LogP) is 2.76. The highest BCUT2D eigenvalue weighted by Gasteiger charge is 2.13. The number of rotatable bonds is 8. The smallest absolute Gasteiger partial charge is 0.260 e. The summed E-state index contributed by atoms with van der Waals surface area (Å²) < 4.78 is 5.60. The molecule has 1 unspecified atom stereocenters. The monoisotopic (exact) mass is 292 g/mol. The standard InChI is InChI=1S/C16H24N2O3/c1-4-5-10-17-16(19)13(3)21-15-8-6-14(7-9-15)11-12(2)18-20/h6-9,13,20H,4-5,10-11H2,1-3H3,(H,17,19)/b18-12+. The molecule has 0 saturated carbocycles. The largest absolute Gasteiger partial charge is 0.481 e. The fraction of sp³-hybridized carbons (Fsp3) is 0.500. The molecule has 2 N–H and O–H groups in total. The summed E-state index contributed by atoms with van der Waals surface area (Å²) in [5.74, 6) is 0.547. The van der Waals surface area contributed by atoms with Crippen molar-refractivity contribution in [2.24, 2.45) is 5.16 Å². The summed E-state index contributed by atoms with van der Waals surface area (Å²) in [5, 5.41) is 14.6. The lowest BCUT2D eigenvalue weighted by molar-refractivity contribution is -0.127. The molecule has 0 saturated heterocycles. The molecule has 0 fully saturated rings. The van der Waals surface area contributed by atoms with Crippen LogP contribution in [-0.2, 0) is 11.2 Å². The highest BCUT2D eigenvalue weighted by Crippen LogP contribution is 2.14. The Morgan fingerprint density at radius 3 is 2.62 bits per heavy atom. The Morgan fingerprint density at radius 2 is 2.05 bits per heavy atom. The molecule has 0 spiro atoms. The van der Waals surface area contributed by atoms with Gasteiger partial charge in [0.15, 0.2) is 6.10 Å². The minimum Gasteiger partial charge on any atom is -0.481 e. The Bertz CT molecular complexity index is 469. The van der Waals surface area contributed by atoms with Crippen molar-refractivity contribution in [3.63, 3.8) is 0 Å². The number of amides is 1. The first kappa shape index (κ1) is 17.0. The van der Waals surface area contributed by atoms with Crippen molar-refractivity contribution < 1.29 is 14.7 Å². The Labute approximate surface area is 126 Å². The molecule has 1 aromatic rings. The van der Waals surface area contributed by atoms with Crippen molar-refractivity contribution in [1.29, 1.82) is 0 Å². The second-order valence-corrected chi connectivity index (χ2v) is 5.06. The maximum absolute atomic E-state index is 11.8. The van der Waals surface area contributed by atoms with Gasteiger partial charge in [0.1, 0.15) is 5.75 Å². The molecule has 0 bridgehead atoms. The molecule has 1 atom stereocenters. The van der Waals surface area contributed by atoms with Gasteiger partial charge >= 0.3 is 0 Å². The van der Waals surface area contributed by atoms with Gasteiger partial charge in [-0.15, -0.1) is 0 Å². The van der Waals surface area contributed by atoms with Gasteiger partial charge in [-0.1, -0.05) is 30.6 Å². The number of ether oxygens (including phenoxy) is 1. The molecule has 1 amide bonds. The van der Waals surface area contributed by atoms with Gasteiger partial charge in [0, 0.05) is 13.0 Å². The van der Waals surface area contributed by atoms with E-state index in [1.807, 2.05) is 24.3 Å². The van der Waals surface area contributed by atoms with Crippen LogP contribution in [0.1, 0.15) is 39.2 Å². The highest BCUT2D eigenvalue weighted by atomic mass is 16.5. The molecule has 0 radical (unpaired) electrons. The number of oxime groups is 1. The van der Waals surface area contributed by atoms with Crippen LogP contribution in [0.25, 0.3) is 0 Å². The second kappa shape index (κ2) is 9.00. The first-order valence-corrected chi connectivity index (χ1v) is 7.27. The number of benzene rings is 1. The van der Waals surface area contributed by atoms with E-state index >= 15 is 0 Å². The number of unbranched alkanes of at least 4 members (excludes halogenated alkanes) is 1. The van der Waals surface area contributed by atoms with E-state index < -0.39 is 6.10 Å². The molecule has 0 aliphatic rings. The van der Waals surface area contributed by atoms with Gasteiger partial charge in [-0.3, -0.25) is 4.79 Å². The Hall–Kier alpha value is -2.04. The lowest BCUT2D eigenvalue weighted by atomic mass is 10.1. The molecular weight excluding hydrogens is 268 g/mol. The predicted molar refractivity (Wildman–Crippen MR) is 83.0 cm³/mol. The van der Waals surface area contributed by atoms with E-state index in [0.29, 0.717) is 24.4 Å². The van der Waals surface area contributed by atoms with E-state index in [1.54, 1.807) is 13.8 Å². The van der Waals surface area contributed by atoms with Crippen LogP contribution in [0.15, 0.2) is 29.4 Å². The van der Waals surface area contributed by atoms with Crippen molar-refractivity contribution in [2.75, 3.05) is 6.54 Å². The SMILES string of the molecule is CCCCNC(=O)C(C)Oc1ccc(C/C(C)=N/O)cc1. The summed E-state index contributed by atoms with van der Waals surface area (Å²) in [6.07, 6.45) is 2.09. The quantitative estimate of drug-likeness (QED) is 0.335. The van der Waals surface area contributed by atoms with Gasteiger partial charge in [0.05, 0.1) is 5.71 Å². The average molecular weight is 292 g/mol. The minimum atomic E-state index is -0.520. The van der Waals surface area contributed by atoms with Crippen molar-refractivity contribution in [1.82, 2.24) is 5.32 Å². The first-order valence-electron chi connectivity index (χ1n) is 7.27. The number of nitrogens with one attached hydrogen (secondary N) is 1. The molecular formula is C16H24N2O3. The van der Waals surface area contributed by atoms with Crippen LogP contribution in [0.3, 0.4) is 0 Å². The summed E-state index contributed by atoms with van der Waals surface area (Å²) in [4.78, 5) is 11.8. The molecule has 0 heterocycles. The van der Waals surface area contributed by atoms with E-state index in [1.165, 1.54) is 0 Å². The zero-order valence-corrected chi connectivity index (χ0v) is 12.9. The van der Waals surface area contributed by atoms with Crippen LogP contribution >= 0.6 is 0 Å². The maximum atomic E-state index is 11.8. The van der Waals surface area contributed by atoms with E-state index in [0.717, 1.165) is 18.4 Å². The number of hydrogen-bond donors (Lipinski definition) is 2. The van der Waals surface area contributed by atoms with E-state index in [-0.39, 0.29) is 5.91 Å². The minimum absolute atomic E-state index is 0.101. The topological polar surface area (TPSA) is 70.9 Å². The molecule has 116 valence electrons. The van der Waals surface area contributed by atoms with Crippen LogP contribution in [-0.4, -0.2) is 29.5 Å². The lowest BCUT2D eigenvalue weighted by Crippen LogP contribution is -2.36. The van der Waals surface area contributed by atoms with Gasteiger partial charge < -0.3 is 15.3 Å². The summed E-state index contributed by atoms with van der Waals surface area (Å²) in [6.45, 7) is 6.25. The molecule has 1 aromatic carbocycles. The first-order chi connectivity index (χ1) is 10.1. The second-order valence-electron chi connectivity index (χ2n) is 5.06. The van der Waals surface area contributed by atoms with Crippen LogP contribution < -0.4 is 10.1 Å². The Morgan fingerprint density at radius 1 is 1.38 bits per heavy atom. The molecule has 0 aromatic heterocycles. The molecule has 0 aliphatic heterocycles. The molecule has 21 heavy (non-hydrogen) atoms. The number of carbonyl (C=O) groups excluding carboxylic acids is 1. The van der Waals surface area contributed by atoms with Gasteiger partial charge in [0.2, 0.25) is 0 Å². The fourth-order valence-corrected chi connectivity index (χ4v) is 1.81. The Balaban J connectivity index is 2.49. The van der Waals surface area contributed by atoms with Crippen molar-refractivity contribution in [2.45, 2.75) is 46.1 Å². The number of nitrogens with zero attached hydrogens (tertiary/aromatic N) is 1. The molecule has 5 nitrogen and oxygen atoms in total. The van der Waals surface area contributed by atoms with Gasteiger partial charge in [-0.05, 0) is 38.0 Å². The third kappa shape index (κ3) is 6.29. The van der Waals surface area contributed by atoms with Crippen LogP contribution in [0, 0.1) is 0 Å². The van der Waals surface area contributed by atoms with Crippen LogP contribution in [0.2, 0.25) is 0 Å². The summed E-state index contributed by atoms with van der Waals surface area (Å²) in [7, 11) is 0. The average Bonchev–Trinajstić information content (AvgIpc) is 2.49. The molecule has 0 aliphatic carbocycles. The van der Waals surface area contributed by atoms with E-state index in [9.17, 15) is 4.79 Å². The summed E-state index contributed by atoms with van der Waals surface area (Å²) in [5.41, 5.74) is 1.67. The Kier molecular flexibility index (Phi) is 7.29. The van der Waals surface area contributed by atoms with Gasteiger partial charge in [-0.25, -0.2) is 0 Å². The summed E-state index contributed by atoms with van der Waals surface area (Å²) in [6, 6.07) is 7.42. The van der Waals surface area contributed by atoms with Crippen LogP contribution in [0.4, 0.5) is 0 Å². The van der Waals surface area contributed by atoms with Gasteiger partial charge in [-0.2, -0.15) is 0 Å². The third-order valence-electron chi connectivity index (χ3n) is 3.07. The van der Waals surface area contributed by atoms with Crippen molar-refractivity contribution >= 4 is 11.6 Å². The van der Waals surface area contributed by atoms with Crippen molar-refractivity contribution in [3.05, 3.63) is 29.8 Å². The highest BCUT2D eigenvalue weighted by molar-refractivity contribution is 5.83. The zero-order chi connectivity index (χ0) is 15.7. The molecule has 5 heteroatoms. The van der Waals surface area contributed by atoms with Gasteiger partial charge in [0.25, 0.3) is 5.91 Å². The van der Waals surface area contributed by atoms with E-state index in [4.69, 9.17) is 9.94 Å². The maximum Gasteiger partial charge on any atom is 0.260 e. The number of carbonyl (C=O) groups is 1. The normalized spacial score (nSPS) is 12.8. The zero-order valence-electron chi connectivity index (χ0n) is 12.9. The summed E-state index contributed by atoms with van der Waals surface area (Å²) >= 11 is 0. The number of hydrogen-bond acceptors (Lipinski definition) is 4. The lowest BCUT2D eigenvalue weighted by Gasteiger charge is -2.15.